The Labute approximate surface area is 140 Å². The maximum absolute atomic E-state index is 13.0. The van der Waals surface area contributed by atoms with Crippen molar-refractivity contribution in [1.82, 2.24) is 14.5 Å². The van der Waals surface area contributed by atoms with Crippen molar-refractivity contribution in [3.8, 4) is 5.69 Å². The molecule has 122 valence electrons. The van der Waals surface area contributed by atoms with E-state index in [9.17, 15) is 4.79 Å². The fourth-order valence-corrected chi connectivity index (χ4v) is 3.51. The van der Waals surface area contributed by atoms with Gasteiger partial charge in [-0.3, -0.25) is 9.36 Å². The lowest BCUT2D eigenvalue weighted by atomic mass is 10.2. The van der Waals surface area contributed by atoms with Gasteiger partial charge in [-0.2, -0.15) is 0 Å². The largest absolute Gasteiger partial charge is 0.372 e. The van der Waals surface area contributed by atoms with E-state index < -0.39 is 0 Å². The Hall–Kier alpha value is -1.79. The summed E-state index contributed by atoms with van der Waals surface area (Å²) in [7, 11) is 0. The molecule has 1 aromatic heterocycles. The highest BCUT2D eigenvalue weighted by Crippen LogP contribution is 2.23. The molecular weight excluding hydrogens is 310 g/mol. The van der Waals surface area contributed by atoms with E-state index in [1.807, 2.05) is 59.9 Å². The Morgan fingerprint density at radius 3 is 2.48 bits per heavy atom. The van der Waals surface area contributed by atoms with Gasteiger partial charge in [-0.05, 0) is 32.2 Å². The predicted octanol–water partition coefficient (Wildman–Crippen LogP) is 2.84. The molecule has 0 aliphatic carbocycles. The fraction of sp³-hybridized carbons (Fsp3) is 0.412. The van der Waals surface area contributed by atoms with Crippen LogP contribution in [0.5, 0.6) is 0 Å². The summed E-state index contributed by atoms with van der Waals surface area (Å²) in [5.41, 5.74) is 1.55. The van der Waals surface area contributed by atoms with Crippen LogP contribution in [-0.4, -0.2) is 51.9 Å². The Bertz CT molecular complexity index is 676. The Morgan fingerprint density at radius 2 is 1.87 bits per heavy atom. The van der Waals surface area contributed by atoms with Crippen molar-refractivity contribution in [2.45, 2.75) is 31.2 Å². The summed E-state index contributed by atoms with van der Waals surface area (Å²) in [5, 5.41) is 0.814. The molecule has 1 saturated heterocycles. The SMILES string of the molecule is CSc1ncc(C(=O)N2C[C@@H](C)O[C@H](C)C2)n1-c1ccccc1. The Kier molecular flexibility index (Phi) is 4.73. The van der Waals surface area contributed by atoms with E-state index in [-0.39, 0.29) is 18.1 Å². The summed E-state index contributed by atoms with van der Waals surface area (Å²) in [6.07, 6.45) is 3.74. The first-order valence-electron chi connectivity index (χ1n) is 7.72. The first-order chi connectivity index (χ1) is 11.1. The van der Waals surface area contributed by atoms with E-state index in [0.717, 1.165) is 10.8 Å². The molecule has 5 nitrogen and oxygen atoms in total. The third-order valence-electron chi connectivity index (χ3n) is 3.85. The predicted molar refractivity (Wildman–Crippen MR) is 91.3 cm³/mol. The van der Waals surface area contributed by atoms with Crippen LogP contribution in [-0.2, 0) is 4.74 Å². The van der Waals surface area contributed by atoms with Gasteiger partial charge in [-0.1, -0.05) is 30.0 Å². The summed E-state index contributed by atoms with van der Waals surface area (Å²) >= 11 is 1.53. The van der Waals surface area contributed by atoms with Crippen molar-refractivity contribution in [1.29, 1.82) is 0 Å². The molecule has 0 spiro atoms. The van der Waals surface area contributed by atoms with E-state index >= 15 is 0 Å². The van der Waals surface area contributed by atoms with Gasteiger partial charge in [-0.25, -0.2) is 4.98 Å². The summed E-state index contributed by atoms with van der Waals surface area (Å²) in [4.78, 5) is 19.3. The number of aromatic nitrogens is 2. The lowest BCUT2D eigenvalue weighted by Crippen LogP contribution is -2.48. The fourth-order valence-electron chi connectivity index (χ4n) is 2.96. The molecule has 0 saturated carbocycles. The molecule has 0 unspecified atom stereocenters. The van der Waals surface area contributed by atoms with E-state index in [0.29, 0.717) is 18.8 Å². The Morgan fingerprint density at radius 1 is 1.22 bits per heavy atom. The molecule has 23 heavy (non-hydrogen) atoms. The number of para-hydroxylation sites is 1. The second-order valence-electron chi connectivity index (χ2n) is 5.77. The molecule has 3 rings (SSSR count). The molecule has 1 aliphatic rings. The molecule has 2 heterocycles. The van der Waals surface area contributed by atoms with Crippen molar-refractivity contribution in [3.05, 3.63) is 42.2 Å². The molecule has 1 amide bonds. The van der Waals surface area contributed by atoms with Crippen LogP contribution in [0.25, 0.3) is 5.69 Å². The van der Waals surface area contributed by atoms with Crippen LogP contribution in [0.15, 0.2) is 41.7 Å². The molecule has 2 atom stereocenters. The van der Waals surface area contributed by atoms with E-state index in [1.54, 1.807) is 6.20 Å². The number of thioether (sulfide) groups is 1. The van der Waals surface area contributed by atoms with Crippen LogP contribution in [0, 0.1) is 0 Å². The number of amides is 1. The van der Waals surface area contributed by atoms with E-state index in [1.165, 1.54) is 11.8 Å². The lowest BCUT2D eigenvalue weighted by Gasteiger charge is -2.35. The number of hydrogen-bond acceptors (Lipinski definition) is 4. The smallest absolute Gasteiger partial charge is 0.272 e. The third-order valence-corrected chi connectivity index (χ3v) is 4.51. The first kappa shape index (κ1) is 16.1. The first-order valence-corrected chi connectivity index (χ1v) is 8.94. The number of hydrogen-bond donors (Lipinski definition) is 0. The topological polar surface area (TPSA) is 47.4 Å². The number of nitrogens with zero attached hydrogens (tertiary/aromatic N) is 3. The number of rotatable bonds is 3. The highest BCUT2D eigenvalue weighted by Gasteiger charge is 2.29. The van der Waals surface area contributed by atoms with Crippen LogP contribution in [0.1, 0.15) is 24.3 Å². The van der Waals surface area contributed by atoms with Gasteiger partial charge in [0.15, 0.2) is 5.16 Å². The molecule has 1 aromatic carbocycles. The molecule has 0 N–H and O–H groups in total. The van der Waals surface area contributed by atoms with Gasteiger partial charge in [0.2, 0.25) is 0 Å². The minimum absolute atomic E-state index is 0.00338. The zero-order valence-electron chi connectivity index (χ0n) is 13.6. The standard InChI is InChI=1S/C17H21N3O2S/c1-12-10-19(11-13(2)22-12)16(21)15-9-18-17(23-3)20(15)14-7-5-4-6-8-14/h4-9,12-13H,10-11H2,1-3H3/t12-,13-/m1/s1. The van der Waals surface area contributed by atoms with Crippen LogP contribution < -0.4 is 0 Å². The second kappa shape index (κ2) is 6.76. The van der Waals surface area contributed by atoms with Crippen molar-refractivity contribution < 1.29 is 9.53 Å². The van der Waals surface area contributed by atoms with Crippen LogP contribution in [0.2, 0.25) is 0 Å². The maximum Gasteiger partial charge on any atom is 0.272 e. The molecule has 1 fully saturated rings. The number of benzene rings is 1. The highest BCUT2D eigenvalue weighted by atomic mass is 32.2. The lowest BCUT2D eigenvalue weighted by molar-refractivity contribution is -0.0588. The summed E-state index contributed by atoms with van der Waals surface area (Å²) in [6.45, 7) is 5.21. The molecule has 2 aromatic rings. The molecule has 6 heteroatoms. The quantitative estimate of drug-likeness (QED) is 0.812. The molecule has 0 radical (unpaired) electrons. The number of imidazole rings is 1. The van der Waals surface area contributed by atoms with Crippen molar-refractivity contribution in [2.24, 2.45) is 0 Å². The summed E-state index contributed by atoms with van der Waals surface area (Å²) in [6, 6.07) is 9.87. The summed E-state index contributed by atoms with van der Waals surface area (Å²) < 4.78 is 7.65. The van der Waals surface area contributed by atoms with Crippen LogP contribution in [0.3, 0.4) is 0 Å². The van der Waals surface area contributed by atoms with Crippen LogP contribution in [0.4, 0.5) is 0 Å². The second-order valence-corrected chi connectivity index (χ2v) is 6.54. The van der Waals surface area contributed by atoms with Gasteiger partial charge in [0, 0.05) is 18.8 Å². The summed E-state index contributed by atoms with van der Waals surface area (Å²) in [5.74, 6) is 0.00338. The minimum Gasteiger partial charge on any atom is -0.372 e. The number of morpholine rings is 1. The van der Waals surface area contributed by atoms with Gasteiger partial charge in [0.05, 0.1) is 18.4 Å². The van der Waals surface area contributed by atoms with Gasteiger partial charge in [0.1, 0.15) is 5.69 Å². The van der Waals surface area contributed by atoms with E-state index in [4.69, 9.17) is 4.74 Å². The maximum atomic E-state index is 13.0. The third kappa shape index (κ3) is 3.28. The molecule has 0 bridgehead atoms. The monoisotopic (exact) mass is 331 g/mol. The van der Waals surface area contributed by atoms with Crippen molar-refractivity contribution in [3.63, 3.8) is 0 Å². The van der Waals surface area contributed by atoms with E-state index in [2.05, 4.69) is 4.98 Å². The normalized spacial score (nSPS) is 21.4. The van der Waals surface area contributed by atoms with Gasteiger partial charge < -0.3 is 9.64 Å². The highest BCUT2D eigenvalue weighted by molar-refractivity contribution is 7.98. The molecule has 1 aliphatic heterocycles. The van der Waals surface area contributed by atoms with Crippen LogP contribution >= 0.6 is 11.8 Å². The number of ether oxygens (including phenoxy) is 1. The van der Waals surface area contributed by atoms with Gasteiger partial charge in [0.25, 0.3) is 5.91 Å². The Balaban J connectivity index is 1.97. The average Bonchev–Trinajstić information content (AvgIpc) is 2.98. The zero-order chi connectivity index (χ0) is 16.4. The van der Waals surface area contributed by atoms with Gasteiger partial charge in [-0.15, -0.1) is 0 Å². The van der Waals surface area contributed by atoms with Gasteiger partial charge >= 0.3 is 0 Å². The minimum atomic E-state index is 0.00338. The van der Waals surface area contributed by atoms with Crippen molar-refractivity contribution >= 4 is 17.7 Å². The number of carbonyl (C=O) groups is 1. The zero-order valence-corrected chi connectivity index (χ0v) is 14.4. The molecular formula is C17H21N3O2S. The average molecular weight is 331 g/mol. The number of carbonyl (C=O) groups excluding carboxylic acids is 1. The van der Waals surface area contributed by atoms with Crippen molar-refractivity contribution in [2.75, 3.05) is 19.3 Å².